The number of hydrogen-bond donors (Lipinski definition) is 1. The minimum absolute atomic E-state index is 0.236. The zero-order valence-corrected chi connectivity index (χ0v) is 21.4. The summed E-state index contributed by atoms with van der Waals surface area (Å²) in [6.07, 6.45) is 5.22. The first-order valence-electron chi connectivity index (χ1n) is 12.7. The Hall–Kier alpha value is -3.90. The van der Waals surface area contributed by atoms with Gasteiger partial charge in [-0.05, 0) is 61.5 Å². The summed E-state index contributed by atoms with van der Waals surface area (Å²) < 4.78 is 16.7. The van der Waals surface area contributed by atoms with Gasteiger partial charge in [0.2, 0.25) is 12.5 Å². The summed E-state index contributed by atoms with van der Waals surface area (Å²) in [4.78, 5) is 19.0. The second kappa shape index (κ2) is 10.6. The molecule has 4 aromatic rings. The highest BCUT2D eigenvalue weighted by atomic mass is 19.1. The molecule has 1 aliphatic heterocycles. The van der Waals surface area contributed by atoms with Crippen LogP contribution in [0.25, 0.3) is 27.0 Å². The molecule has 3 aromatic heterocycles. The molecule has 0 bridgehead atoms. The van der Waals surface area contributed by atoms with Crippen molar-refractivity contribution in [2.45, 2.75) is 38.5 Å². The number of anilines is 2. The highest BCUT2D eigenvalue weighted by Crippen LogP contribution is 2.31. The van der Waals surface area contributed by atoms with Crippen molar-refractivity contribution >= 4 is 22.7 Å². The molecular formula is C28H31FN8. The standard InChI is InChI=1S/C28H31FN8/c1-18(2)27-22-15-20(5-7-24(22)35-36(27)4)26-23(29)17-32-28(34-26)33-25-8-6-21(16-31-25)19-9-12-37(13-10-19)14-11-30-3/h5-8,15-19H,9-14H2,1-2,4H3,(H,31,32,33,34). The molecule has 190 valence electrons. The molecule has 0 radical (unpaired) electrons. The van der Waals surface area contributed by atoms with Crippen molar-refractivity contribution in [3.63, 3.8) is 0 Å². The predicted octanol–water partition coefficient (Wildman–Crippen LogP) is 5.53. The SMILES string of the molecule is [C-]#[N+]CCN1CCC(c2ccc(Nc3ncc(F)c(-c4ccc5nn(C)c(C(C)C)c5c4)n3)nc2)CC1. The molecule has 9 heteroatoms. The molecule has 1 aliphatic rings. The lowest BCUT2D eigenvalue weighted by Gasteiger charge is -2.30. The fraction of sp³-hybridized carbons (Fsp3) is 0.393. The van der Waals surface area contributed by atoms with Gasteiger partial charge in [-0.25, -0.2) is 25.9 Å². The molecule has 0 amide bonds. The van der Waals surface area contributed by atoms with E-state index in [1.54, 1.807) is 0 Å². The minimum Gasteiger partial charge on any atom is -0.316 e. The van der Waals surface area contributed by atoms with E-state index >= 15 is 0 Å². The highest BCUT2D eigenvalue weighted by Gasteiger charge is 2.21. The Balaban J connectivity index is 1.31. The molecule has 0 aliphatic carbocycles. The molecule has 8 nitrogen and oxygen atoms in total. The molecule has 1 fully saturated rings. The van der Waals surface area contributed by atoms with Gasteiger partial charge in [-0.1, -0.05) is 26.0 Å². The summed E-state index contributed by atoms with van der Waals surface area (Å²) in [5, 5.41) is 8.69. The topological polar surface area (TPSA) is 76.1 Å². The average Bonchev–Trinajstić information content (AvgIpc) is 3.24. The van der Waals surface area contributed by atoms with Crippen LogP contribution in [0.4, 0.5) is 16.2 Å². The van der Waals surface area contributed by atoms with Gasteiger partial charge in [0.05, 0.1) is 18.3 Å². The van der Waals surface area contributed by atoms with Crippen molar-refractivity contribution in [3.8, 4) is 11.3 Å². The van der Waals surface area contributed by atoms with Gasteiger partial charge in [0, 0.05) is 29.9 Å². The van der Waals surface area contributed by atoms with Crippen LogP contribution in [0, 0.1) is 12.4 Å². The molecule has 0 saturated carbocycles. The average molecular weight is 499 g/mol. The Morgan fingerprint density at radius 3 is 2.65 bits per heavy atom. The Labute approximate surface area is 216 Å². The van der Waals surface area contributed by atoms with Crippen LogP contribution < -0.4 is 5.32 Å². The zero-order valence-electron chi connectivity index (χ0n) is 21.4. The third-order valence-corrected chi connectivity index (χ3v) is 7.06. The number of pyridine rings is 1. The van der Waals surface area contributed by atoms with E-state index in [0.717, 1.165) is 49.1 Å². The zero-order chi connectivity index (χ0) is 25.9. The summed E-state index contributed by atoms with van der Waals surface area (Å²) >= 11 is 0. The van der Waals surface area contributed by atoms with Crippen molar-refractivity contribution < 1.29 is 4.39 Å². The highest BCUT2D eigenvalue weighted by molar-refractivity contribution is 5.86. The number of piperidine rings is 1. The number of nitrogens with one attached hydrogen (secondary N) is 1. The Morgan fingerprint density at radius 2 is 1.95 bits per heavy atom. The van der Waals surface area contributed by atoms with E-state index in [1.165, 1.54) is 11.8 Å². The molecule has 1 saturated heterocycles. The normalized spacial score (nSPS) is 14.8. The predicted molar refractivity (Wildman–Crippen MR) is 143 cm³/mol. The second-order valence-electron chi connectivity index (χ2n) is 9.89. The lowest BCUT2D eigenvalue weighted by Crippen LogP contribution is -2.34. The van der Waals surface area contributed by atoms with Crippen LogP contribution in [0.2, 0.25) is 0 Å². The van der Waals surface area contributed by atoms with Crippen molar-refractivity contribution in [2.24, 2.45) is 7.05 Å². The van der Waals surface area contributed by atoms with E-state index in [9.17, 15) is 4.39 Å². The summed E-state index contributed by atoms with van der Waals surface area (Å²) in [6.45, 7) is 14.6. The number of rotatable bonds is 7. The number of hydrogen-bond acceptors (Lipinski definition) is 6. The van der Waals surface area contributed by atoms with Gasteiger partial charge < -0.3 is 10.2 Å². The van der Waals surface area contributed by atoms with E-state index in [0.29, 0.717) is 29.8 Å². The molecule has 0 unspecified atom stereocenters. The Morgan fingerprint density at radius 1 is 1.14 bits per heavy atom. The second-order valence-corrected chi connectivity index (χ2v) is 9.89. The van der Waals surface area contributed by atoms with E-state index in [1.807, 2.05) is 42.2 Å². The van der Waals surface area contributed by atoms with Crippen LogP contribution in [0.15, 0.2) is 42.7 Å². The van der Waals surface area contributed by atoms with E-state index in [-0.39, 0.29) is 11.6 Å². The van der Waals surface area contributed by atoms with Gasteiger partial charge in [0.25, 0.3) is 0 Å². The molecule has 37 heavy (non-hydrogen) atoms. The molecule has 0 spiro atoms. The van der Waals surface area contributed by atoms with Crippen LogP contribution >= 0.6 is 0 Å². The third kappa shape index (κ3) is 5.30. The molecule has 5 rings (SSSR count). The number of benzene rings is 1. The Bertz CT molecular complexity index is 1430. The monoisotopic (exact) mass is 498 g/mol. The van der Waals surface area contributed by atoms with Gasteiger partial charge in [-0.2, -0.15) is 5.10 Å². The first-order chi connectivity index (χ1) is 17.9. The molecule has 0 atom stereocenters. The lowest BCUT2D eigenvalue weighted by molar-refractivity contribution is 0.221. The maximum absolute atomic E-state index is 14.8. The van der Waals surface area contributed by atoms with Crippen molar-refractivity contribution in [1.82, 2.24) is 29.6 Å². The Kier molecular flexibility index (Phi) is 7.10. The maximum atomic E-state index is 14.8. The largest absolute Gasteiger partial charge is 0.316 e. The van der Waals surface area contributed by atoms with E-state index in [2.05, 4.69) is 55.0 Å². The van der Waals surface area contributed by atoms with Gasteiger partial charge in [0.1, 0.15) is 11.5 Å². The summed E-state index contributed by atoms with van der Waals surface area (Å²) in [5.74, 6) is 1.17. The van der Waals surface area contributed by atoms with Gasteiger partial charge in [-0.15, -0.1) is 0 Å². The lowest BCUT2D eigenvalue weighted by atomic mass is 9.90. The fourth-order valence-electron chi connectivity index (χ4n) is 5.20. The number of likely N-dealkylation sites (tertiary alicyclic amines) is 1. The van der Waals surface area contributed by atoms with Gasteiger partial charge in [-0.3, -0.25) is 9.58 Å². The van der Waals surface area contributed by atoms with Gasteiger partial charge >= 0.3 is 0 Å². The molecular weight excluding hydrogens is 467 g/mol. The van der Waals surface area contributed by atoms with Crippen LogP contribution in [-0.2, 0) is 7.05 Å². The number of aromatic nitrogens is 5. The number of aryl methyl sites for hydroxylation is 1. The quantitative estimate of drug-likeness (QED) is 0.338. The minimum atomic E-state index is -0.481. The maximum Gasteiger partial charge on any atom is 0.229 e. The molecule has 1 aromatic carbocycles. The third-order valence-electron chi connectivity index (χ3n) is 7.06. The smallest absolute Gasteiger partial charge is 0.229 e. The fourth-order valence-corrected chi connectivity index (χ4v) is 5.20. The van der Waals surface area contributed by atoms with Crippen molar-refractivity contribution in [1.29, 1.82) is 0 Å². The van der Waals surface area contributed by atoms with Crippen molar-refractivity contribution in [3.05, 3.63) is 71.2 Å². The summed E-state index contributed by atoms with van der Waals surface area (Å²) in [7, 11) is 1.93. The van der Waals surface area contributed by atoms with E-state index < -0.39 is 5.82 Å². The number of fused-ring (bicyclic) bond motifs is 1. The van der Waals surface area contributed by atoms with Crippen molar-refractivity contribution in [2.75, 3.05) is 31.5 Å². The van der Waals surface area contributed by atoms with E-state index in [4.69, 9.17) is 6.57 Å². The molecule has 1 N–H and O–H groups in total. The first kappa shape index (κ1) is 24.8. The van der Waals surface area contributed by atoms with Gasteiger partial charge in [0.15, 0.2) is 5.82 Å². The number of halogens is 1. The van der Waals surface area contributed by atoms with Crippen LogP contribution in [-0.4, -0.2) is 55.8 Å². The summed E-state index contributed by atoms with van der Waals surface area (Å²) in [6, 6.07) is 9.70. The van der Waals surface area contributed by atoms with Crippen LogP contribution in [0.1, 0.15) is 49.8 Å². The number of nitrogens with zero attached hydrogens (tertiary/aromatic N) is 7. The van der Waals surface area contributed by atoms with Crippen LogP contribution in [0.3, 0.4) is 0 Å². The van der Waals surface area contributed by atoms with Crippen LogP contribution in [0.5, 0.6) is 0 Å². The summed E-state index contributed by atoms with van der Waals surface area (Å²) in [5.41, 5.74) is 4.10. The first-order valence-corrected chi connectivity index (χ1v) is 12.7. The molecule has 4 heterocycles.